The molecule has 0 aliphatic carbocycles. The Morgan fingerprint density at radius 3 is 2.68 bits per heavy atom. The Hall–Kier alpha value is -2.77. The molecule has 0 spiro atoms. The third-order valence-electron chi connectivity index (χ3n) is 4.74. The molecule has 2 atom stereocenters. The van der Waals surface area contributed by atoms with Gasteiger partial charge in [0.15, 0.2) is 5.11 Å². The second-order valence-electron chi connectivity index (χ2n) is 6.64. The largest absolute Gasteiger partial charge is 0.352 e. The van der Waals surface area contributed by atoms with Crippen molar-refractivity contribution in [1.82, 2.24) is 15.2 Å². The van der Waals surface area contributed by atoms with Gasteiger partial charge in [0.2, 0.25) is 5.91 Å². The van der Waals surface area contributed by atoms with Gasteiger partial charge in [0, 0.05) is 16.8 Å². The van der Waals surface area contributed by atoms with Gasteiger partial charge in [-0.05, 0) is 60.4 Å². The number of thiophene rings is 1. The fourth-order valence-corrected chi connectivity index (χ4v) is 4.80. The van der Waals surface area contributed by atoms with Gasteiger partial charge in [-0.1, -0.05) is 24.3 Å². The third-order valence-corrected chi connectivity index (χ3v) is 6.18. The van der Waals surface area contributed by atoms with Crippen LogP contribution in [0.2, 0.25) is 0 Å². The molecule has 0 unspecified atom stereocenters. The van der Waals surface area contributed by atoms with Gasteiger partial charge >= 0.3 is 0 Å². The lowest BCUT2D eigenvalue weighted by Gasteiger charge is -2.27. The van der Waals surface area contributed by atoms with Crippen molar-refractivity contribution in [3.8, 4) is 0 Å². The summed E-state index contributed by atoms with van der Waals surface area (Å²) in [5.74, 6) is -0.101. The Balaban J connectivity index is 1.62. The van der Waals surface area contributed by atoms with Gasteiger partial charge in [0.05, 0.1) is 17.8 Å². The zero-order valence-corrected chi connectivity index (χ0v) is 17.0. The van der Waals surface area contributed by atoms with Gasteiger partial charge in [-0.25, -0.2) is 0 Å². The zero-order valence-electron chi connectivity index (χ0n) is 15.3. The lowest BCUT2D eigenvalue weighted by molar-refractivity contribution is -0.116. The van der Waals surface area contributed by atoms with E-state index in [9.17, 15) is 4.79 Å². The number of nitrogens with zero attached hydrogens (tertiary/aromatic N) is 2. The Labute approximate surface area is 173 Å². The molecule has 2 N–H and O–H groups in total. The first-order valence-corrected chi connectivity index (χ1v) is 10.3. The number of carbonyl (C=O) groups is 1. The van der Waals surface area contributed by atoms with E-state index in [4.69, 9.17) is 12.2 Å². The van der Waals surface area contributed by atoms with E-state index in [1.165, 1.54) is 10.4 Å². The van der Waals surface area contributed by atoms with E-state index in [0.29, 0.717) is 5.11 Å². The van der Waals surface area contributed by atoms with E-state index in [-0.39, 0.29) is 24.5 Å². The minimum atomic E-state index is -0.101. The molecule has 142 valence electrons. The maximum Gasteiger partial charge on any atom is 0.244 e. The van der Waals surface area contributed by atoms with Crippen LogP contribution < -0.4 is 10.6 Å². The highest BCUT2D eigenvalue weighted by Crippen LogP contribution is 2.41. The number of rotatable bonds is 5. The van der Waals surface area contributed by atoms with Gasteiger partial charge in [0.1, 0.15) is 6.54 Å². The van der Waals surface area contributed by atoms with Crippen molar-refractivity contribution in [1.29, 1.82) is 0 Å². The molecule has 3 aromatic rings. The van der Waals surface area contributed by atoms with Crippen LogP contribution in [0.5, 0.6) is 0 Å². The predicted octanol–water partition coefficient (Wildman–Crippen LogP) is 4.06. The van der Waals surface area contributed by atoms with Crippen molar-refractivity contribution < 1.29 is 4.79 Å². The lowest BCUT2D eigenvalue weighted by Crippen LogP contribution is -2.37. The highest BCUT2D eigenvalue weighted by molar-refractivity contribution is 7.80. The van der Waals surface area contributed by atoms with Crippen LogP contribution in [-0.2, 0) is 4.79 Å². The fraction of sp³-hybridized carbons (Fsp3) is 0.190. The number of nitrogens with one attached hydrogen (secondary N) is 2. The van der Waals surface area contributed by atoms with Crippen LogP contribution in [0, 0.1) is 6.92 Å². The first-order chi connectivity index (χ1) is 13.6. The van der Waals surface area contributed by atoms with E-state index >= 15 is 0 Å². The minimum absolute atomic E-state index is 0.0797. The number of para-hydroxylation sites is 1. The van der Waals surface area contributed by atoms with Gasteiger partial charge in [-0.2, -0.15) is 0 Å². The summed E-state index contributed by atoms with van der Waals surface area (Å²) in [4.78, 5) is 20.4. The molecule has 1 amide bonds. The van der Waals surface area contributed by atoms with Crippen LogP contribution in [0.15, 0.2) is 66.2 Å². The number of hydrogen-bond acceptors (Lipinski definition) is 4. The number of aromatic nitrogens is 1. The Bertz CT molecular complexity index is 974. The summed E-state index contributed by atoms with van der Waals surface area (Å²) in [5.41, 5.74) is 2.88. The van der Waals surface area contributed by atoms with Crippen molar-refractivity contribution in [3.63, 3.8) is 0 Å². The van der Waals surface area contributed by atoms with Crippen LogP contribution in [0.3, 0.4) is 0 Å². The number of thiocarbonyl (C=S) groups is 1. The molecule has 5 nitrogen and oxygen atoms in total. The maximum absolute atomic E-state index is 12.7. The first kappa shape index (κ1) is 18.6. The van der Waals surface area contributed by atoms with Gasteiger partial charge < -0.3 is 15.5 Å². The van der Waals surface area contributed by atoms with Crippen LogP contribution in [0.4, 0.5) is 5.69 Å². The third kappa shape index (κ3) is 3.76. The highest BCUT2D eigenvalue weighted by atomic mass is 32.1. The Morgan fingerprint density at radius 2 is 2.00 bits per heavy atom. The number of pyridine rings is 1. The fourth-order valence-electron chi connectivity index (χ4n) is 3.42. The highest BCUT2D eigenvalue weighted by Gasteiger charge is 2.41. The van der Waals surface area contributed by atoms with Crippen LogP contribution in [0.1, 0.15) is 28.2 Å². The first-order valence-electron chi connectivity index (χ1n) is 9.00. The number of hydrogen-bond donors (Lipinski definition) is 2. The summed E-state index contributed by atoms with van der Waals surface area (Å²) in [6, 6.07) is 17.2. The number of aryl methyl sites for hydroxylation is 1. The number of anilines is 1. The quantitative estimate of drug-likeness (QED) is 0.624. The zero-order chi connectivity index (χ0) is 19.5. The van der Waals surface area contributed by atoms with Crippen molar-refractivity contribution in [2.45, 2.75) is 19.0 Å². The predicted molar refractivity (Wildman–Crippen MR) is 116 cm³/mol. The van der Waals surface area contributed by atoms with E-state index in [1.807, 2.05) is 53.4 Å². The molecule has 4 rings (SSSR count). The summed E-state index contributed by atoms with van der Waals surface area (Å²) in [6.07, 6.45) is 1.78. The molecule has 1 aliphatic rings. The molecule has 0 saturated carbocycles. The molecule has 1 fully saturated rings. The van der Waals surface area contributed by atoms with Crippen molar-refractivity contribution in [2.75, 3.05) is 11.9 Å². The molecule has 1 saturated heterocycles. The Kier molecular flexibility index (Phi) is 5.36. The molecule has 0 radical (unpaired) electrons. The normalized spacial score (nSPS) is 18.8. The monoisotopic (exact) mass is 408 g/mol. The molecular weight excluding hydrogens is 388 g/mol. The summed E-state index contributed by atoms with van der Waals surface area (Å²) < 4.78 is 0. The topological polar surface area (TPSA) is 57.3 Å². The van der Waals surface area contributed by atoms with E-state index in [1.54, 1.807) is 17.5 Å². The summed E-state index contributed by atoms with van der Waals surface area (Å²) >= 11 is 7.29. The van der Waals surface area contributed by atoms with E-state index in [2.05, 4.69) is 34.0 Å². The number of carbonyl (C=O) groups excluding carboxylic acids is 1. The standard InChI is InChI=1S/C21H20N4OS2/c1-14-10-12-28-20(14)19-18(16-9-5-6-11-22-16)24-21(27)25(19)13-17(26)23-15-7-3-2-4-8-15/h2-12,18-19H,13H2,1H3,(H,23,26)(H,24,27)/t18-,19-/m1/s1. The maximum atomic E-state index is 12.7. The molecule has 1 aliphatic heterocycles. The summed E-state index contributed by atoms with van der Waals surface area (Å²) in [7, 11) is 0. The second kappa shape index (κ2) is 8.08. The molecule has 1 aromatic carbocycles. The lowest BCUT2D eigenvalue weighted by atomic mass is 10.0. The number of benzene rings is 1. The van der Waals surface area contributed by atoms with Gasteiger partial charge in [-0.3, -0.25) is 9.78 Å². The van der Waals surface area contributed by atoms with E-state index in [0.717, 1.165) is 11.4 Å². The van der Waals surface area contributed by atoms with Gasteiger partial charge in [-0.15, -0.1) is 11.3 Å². The molecule has 28 heavy (non-hydrogen) atoms. The van der Waals surface area contributed by atoms with Crippen molar-refractivity contribution in [2.24, 2.45) is 0 Å². The molecular formula is C21H20N4OS2. The van der Waals surface area contributed by atoms with Crippen LogP contribution >= 0.6 is 23.6 Å². The average Bonchev–Trinajstić information content (AvgIpc) is 3.26. The average molecular weight is 409 g/mol. The van der Waals surface area contributed by atoms with Crippen LogP contribution in [0.25, 0.3) is 0 Å². The molecule has 3 heterocycles. The number of amides is 1. The van der Waals surface area contributed by atoms with Gasteiger partial charge in [0.25, 0.3) is 0 Å². The molecule has 7 heteroatoms. The summed E-state index contributed by atoms with van der Waals surface area (Å²) in [6.45, 7) is 2.26. The SMILES string of the molecule is Cc1ccsc1[C@H]1[C@@H](c2ccccn2)NC(=S)N1CC(=O)Nc1ccccc1. The second-order valence-corrected chi connectivity index (χ2v) is 7.97. The van der Waals surface area contributed by atoms with Crippen LogP contribution in [-0.4, -0.2) is 27.4 Å². The van der Waals surface area contributed by atoms with Crippen molar-refractivity contribution >= 4 is 40.3 Å². The minimum Gasteiger partial charge on any atom is -0.352 e. The smallest absolute Gasteiger partial charge is 0.244 e. The Morgan fingerprint density at radius 1 is 1.21 bits per heavy atom. The molecule has 0 bridgehead atoms. The van der Waals surface area contributed by atoms with E-state index < -0.39 is 0 Å². The van der Waals surface area contributed by atoms with Crippen molar-refractivity contribution in [3.05, 3.63) is 82.3 Å². The molecule has 2 aromatic heterocycles. The summed E-state index contributed by atoms with van der Waals surface area (Å²) in [5, 5.41) is 8.96.